The molecule has 8 rings (SSSR count). The first-order valence-corrected chi connectivity index (χ1v) is 30.4. The van der Waals surface area contributed by atoms with Crippen LogP contribution in [0.3, 0.4) is 0 Å². The Morgan fingerprint density at radius 2 is 1.52 bits per heavy atom. The highest BCUT2D eigenvalue weighted by atomic mass is 32.2. The Kier molecular flexibility index (Phi) is 20.2. The minimum atomic E-state index is -4.95. The van der Waals surface area contributed by atoms with Gasteiger partial charge in [-0.2, -0.15) is 8.42 Å². The summed E-state index contributed by atoms with van der Waals surface area (Å²) in [7, 11) is -7.74. The molecule has 3 N–H and O–H groups in total. The molecule has 22 heteroatoms. The van der Waals surface area contributed by atoms with Crippen LogP contribution in [0, 0.1) is 0 Å². The van der Waals surface area contributed by atoms with Gasteiger partial charge < -0.3 is 29.4 Å². The number of fused-ring (bicyclic) bond motifs is 4. The maximum Gasteiger partial charge on any atom is 0.295 e. The topological polar surface area (TPSA) is 227 Å². The summed E-state index contributed by atoms with van der Waals surface area (Å²) < 4.78 is 86.4. The number of nitrogens with zero attached hydrogens (tertiary/aromatic N) is 7. The highest BCUT2D eigenvalue weighted by molar-refractivity contribution is 7.89. The predicted molar refractivity (Wildman–Crippen MR) is 310 cm³/mol. The van der Waals surface area contributed by atoms with Crippen molar-refractivity contribution in [2.24, 2.45) is 0 Å². The number of pyridine rings is 1. The van der Waals surface area contributed by atoms with Gasteiger partial charge in [0.15, 0.2) is 5.82 Å². The van der Waals surface area contributed by atoms with E-state index in [2.05, 4.69) is 62.6 Å². The molecule has 4 aromatic rings. The van der Waals surface area contributed by atoms with Gasteiger partial charge in [0.25, 0.3) is 16.0 Å². The van der Waals surface area contributed by atoms with E-state index in [9.17, 15) is 35.8 Å². The second-order valence-corrected chi connectivity index (χ2v) is 23.2. The van der Waals surface area contributed by atoms with E-state index in [1.165, 1.54) is 24.1 Å². The van der Waals surface area contributed by atoms with Crippen molar-refractivity contribution in [1.29, 1.82) is 0 Å². The van der Waals surface area contributed by atoms with Crippen molar-refractivity contribution in [3.8, 4) is 22.5 Å². The number of carbonyl (C=O) groups is 3. The lowest BCUT2D eigenvalue weighted by atomic mass is 9.93. The molecular weight excluding hydrogens is 1060 g/mol. The zero-order valence-electron chi connectivity index (χ0n) is 46.4. The molecule has 4 aliphatic rings. The molecule has 428 valence electrons. The lowest BCUT2D eigenvalue weighted by Gasteiger charge is -2.35. The number of carbonyl (C=O) groups excluding carboxylic acids is 3. The summed E-state index contributed by atoms with van der Waals surface area (Å²) >= 11 is 0. The molecule has 3 aromatic carbocycles. The third-order valence-corrected chi connectivity index (χ3v) is 17.5. The number of nitrogens with one attached hydrogen (secondary N) is 2. The molecule has 3 amide bonds. The van der Waals surface area contributed by atoms with Gasteiger partial charge in [-0.1, -0.05) is 24.6 Å². The number of hydrogen-bond donors (Lipinski definition) is 3. The van der Waals surface area contributed by atoms with E-state index in [4.69, 9.17) is 13.9 Å². The molecule has 0 unspecified atom stereocenters. The fourth-order valence-electron chi connectivity index (χ4n) is 10.3. The largest absolute Gasteiger partial charge is 0.456 e. The summed E-state index contributed by atoms with van der Waals surface area (Å²) in [5, 5.41) is 7.24. The fourth-order valence-corrected chi connectivity index (χ4v) is 12.3. The lowest BCUT2D eigenvalue weighted by molar-refractivity contribution is -0.121. The van der Waals surface area contributed by atoms with Crippen LogP contribution in [0.25, 0.3) is 33.4 Å². The van der Waals surface area contributed by atoms with E-state index < -0.39 is 25.0 Å². The van der Waals surface area contributed by atoms with Gasteiger partial charge in [0.05, 0.1) is 60.9 Å². The number of hydrogen-bond acceptors (Lipinski definition) is 14. The van der Waals surface area contributed by atoms with Crippen molar-refractivity contribution in [3.63, 3.8) is 0 Å². The fraction of sp³-hybridized carbons (Fsp3) is 0.431. The number of amides is 3. The van der Waals surface area contributed by atoms with Gasteiger partial charge in [-0.05, 0) is 95.1 Å². The molecule has 1 aliphatic carbocycles. The Labute approximate surface area is 469 Å². The molecule has 20 nitrogen and oxygen atoms in total. The van der Waals surface area contributed by atoms with E-state index in [-0.39, 0.29) is 47.7 Å². The van der Waals surface area contributed by atoms with Gasteiger partial charge in [-0.25, -0.2) is 22.3 Å². The third kappa shape index (κ3) is 14.1. The summed E-state index contributed by atoms with van der Waals surface area (Å²) in [6, 6.07) is 25.8. The molecular formula is C58H74N9O11S2+. The summed E-state index contributed by atoms with van der Waals surface area (Å²) in [6.45, 7) is 17.2. The van der Waals surface area contributed by atoms with E-state index in [0.29, 0.717) is 116 Å². The first kappa shape index (κ1) is 59.5. The van der Waals surface area contributed by atoms with E-state index in [0.717, 1.165) is 67.2 Å². The summed E-state index contributed by atoms with van der Waals surface area (Å²) in [4.78, 5) is 51.0. The summed E-state index contributed by atoms with van der Waals surface area (Å²) in [6.07, 6.45) is 3.42. The van der Waals surface area contributed by atoms with Gasteiger partial charge in [0.2, 0.25) is 27.2 Å². The maximum absolute atomic E-state index is 13.9. The van der Waals surface area contributed by atoms with Crippen LogP contribution in [0.5, 0.6) is 0 Å². The van der Waals surface area contributed by atoms with Crippen LogP contribution in [0.4, 0.5) is 22.9 Å². The lowest BCUT2D eigenvalue weighted by Crippen LogP contribution is -2.50. The minimum Gasteiger partial charge on any atom is -0.456 e. The number of benzene rings is 4. The minimum absolute atomic E-state index is 0.119. The zero-order chi connectivity index (χ0) is 57.0. The normalized spacial score (nSPS) is 14.2. The smallest absolute Gasteiger partial charge is 0.295 e. The van der Waals surface area contributed by atoms with Gasteiger partial charge in [-0.15, -0.1) is 0 Å². The molecule has 0 radical (unpaired) electrons. The van der Waals surface area contributed by atoms with Gasteiger partial charge in [0, 0.05) is 118 Å². The molecule has 1 saturated heterocycles. The van der Waals surface area contributed by atoms with Crippen LogP contribution in [-0.2, 0) is 39.2 Å². The summed E-state index contributed by atoms with van der Waals surface area (Å²) in [5.41, 5.74) is 4.03. The zero-order valence-corrected chi connectivity index (χ0v) is 48.0. The van der Waals surface area contributed by atoms with Crippen LogP contribution < -0.4 is 30.4 Å². The van der Waals surface area contributed by atoms with Crippen molar-refractivity contribution >= 4 is 71.7 Å². The Hall–Kier alpha value is -6.63. The van der Waals surface area contributed by atoms with Gasteiger partial charge in [-0.3, -0.25) is 33.6 Å². The SMILES string of the molecule is CCN(CC)c1ccc2c(-c3ccc(S(=O)(=O)N(C)CCCCCC(=O)NCCOCCOCCN4CCN(CC(=O)N5c6ccccc6C(=O)Nc6cccnc65)CC4)cc3S(=O)(=O)O)c3ccc(=[N+](CC)CC)cc-3oc2c1. The van der Waals surface area contributed by atoms with Crippen molar-refractivity contribution in [2.45, 2.75) is 63.2 Å². The Balaban J connectivity index is 0.742. The molecule has 0 bridgehead atoms. The first-order chi connectivity index (χ1) is 38.6. The first-order valence-electron chi connectivity index (χ1n) is 27.5. The van der Waals surface area contributed by atoms with Crippen LogP contribution in [-0.4, -0.2) is 170 Å². The Bertz CT molecular complexity index is 3430. The monoisotopic (exact) mass is 1140 g/mol. The number of unbranched alkanes of at least 4 members (excludes halogenated alkanes) is 2. The van der Waals surface area contributed by atoms with E-state index >= 15 is 0 Å². The van der Waals surface area contributed by atoms with Gasteiger partial charge in [0.1, 0.15) is 29.3 Å². The molecule has 4 heterocycles. The number of rotatable bonds is 26. The number of aromatic nitrogens is 1. The molecule has 1 fully saturated rings. The Morgan fingerprint density at radius 3 is 2.26 bits per heavy atom. The van der Waals surface area contributed by atoms with Crippen LogP contribution in [0.1, 0.15) is 63.7 Å². The highest BCUT2D eigenvalue weighted by Gasteiger charge is 2.33. The molecule has 80 heavy (non-hydrogen) atoms. The number of sulfonamides is 1. The third-order valence-electron chi connectivity index (χ3n) is 14.7. The summed E-state index contributed by atoms with van der Waals surface area (Å²) in [5.74, 6) is 0.305. The second kappa shape index (κ2) is 27.2. The predicted octanol–water partition coefficient (Wildman–Crippen LogP) is 6.38. The molecule has 0 saturated carbocycles. The van der Waals surface area contributed by atoms with Crippen molar-refractivity contribution in [3.05, 3.63) is 108 Å². The standard InChI is InChI=1S/C58H73N9O11S2/c1-6-65(7-2)42-20-23-46-51(38-42)78-52-39-43(66(8-3)9-4)21-24-47(52)56(46)48-25-22-44(40-53(48)80(73,74)75)79(71,72)62(5)28-14-10-11-19-54(68)59-27-34-76-36-37-77-35-33-63-29-31-64(32-30-63)41-55(69)67-50-18-13-12-16-45(50)58(70)61-49-17-15-26-60-57(49)67/h12-13,15-18,20-26,38-40H,6-11,14,19,27-37,41H2,1-5H3,(H2-,59,61,68,70,73,74,75)/p+1. The maximum atomic E-state index is 13.9. The van der Waals surface area contributed by atoms with Crippen LogP contribution in [0.2, 0.25) is 0 Å². The van der Waals surface area contributed by atoms with E-state index in [1.54, 1.807) is 42.6 Å². The van der Waals surface area contributed by atoms with Crippen molar-refractivity contribution < 1.29 is 49.7 Å². The molecule has 0 atom stereocenters. The highest BCUT2D eigenvalue weighted by Crippen LogP contribution is 2.44. The quantitative estimate of drug-likeness (QED) is 0.0232. The molecule has 0 spiro atoms. The van der Waals surface area contributed by atoms with Crippen LogP contribution in [0.15, 0.2) is 111 Å². The number of ether oxygens (including phenoxy) is 2. The molecule has 1 aromatic heterocycles. The second-order valence-electron chi connectivity index (χ2n) is 19.7. The van der Waals surface area contributed by atoms with Crippen molar-refractivity contribution in [2.75, 3.05) is 127 Å². The number of para-hydroxylation sites is 1. The van der Waals surface area contributed by atoms with Crippen LogP contribution >= 0.6 is 0 Å². The average Bonchev–Trinajstić information content (AvgIpc) is 3.58. The van der Waals surface area contributed by atoms with E-state index in [1.807, 2.05) is 36.4 Å². The number of anilines is 4. The van der Waals surface area contributed by atoms with Crippen molar-refractivity contribution in [1.82, 2.24) is 29.0 Å². The van der Waals surface area contributed by atoms with Gasteiger partial charge >= 0.3 is 0 Å². The Morgan fingerprint density at radius 1 is 0.800 bits per heavy atom. The average molecular weight is 1140 g/mol. The number of piperazine rings is 1. The molecule has 3 aliphatic heterocycles.